The van der Waals surface area contributed by atoms with Crippen molar-refractivity contribution < 1.29 is 23.8 Å². The zero-order valence-electron chi connectivity index (χ0n) is 16.0. The average molecular weight is 410 g/mol. The number of hydrogen-bond donors (Lipinski definition) is 1. The lowest BCUT2D eigenvalue weighted by Crippen LogP contribution is -2.29. The fourth-order valence-corrected chi connectivity index (χ4v) is 4.15. The van der Waals surface area contributed by atoms with Gasteiger partial charge >= 0.3 is 5.91 Å². The number of furan rings is 1. The molecule has 8 heteroatoms. The number of carbonyl (C=O) groups is 2. The van der Waals surface area contributed by atoms with E-state index < -0.39 is 17.7 Å². The maximum atomic E-state index is 12.9. The molecule has 29 heavy (non-hydrogen) atoms. The molecule has 1 aliphatic rings. The summed E-state index contributed by atoms with van der Waals surface area (Å²) in [4.78, 5) is 32.5. The average Bonchev–Trinajstić information content (AvgIpc) is 3.42. The predicted molar refractivity (Wildman–Crippen MR) is 108 cm³/mol. The second-order valence-corrected chi connectivity index (χ2v) is 7.73. The van der Waals surface area contributed by atoms with Crippen molar-refractivity contribution in [2.24, 2.45) is 0 Å². The largest absolute Gasteiger partial charge is 0.507 e. The highest BCUT2D eigenvalue weighted by Gasteiger charge is 2.49. The Labute approximate surface area is 170 Å². The number of methoxy groups -OCH3 is 1. The molecular weight excluding hydrogens is 392 g/mol. The topological polar surface area (TPSA) is 92.9 Å². The highest BCUT2D eigenvalue weighted by molar-refractivity contribution is 7.16. The Morgan fingerprint density at radius 1 is 1.21 bits per heavy atom. The van der Waals surface area contributed by atoms with Gasteiger partial charge in [0.1, 0.15) is 23.3 Å². The van der Waals surface area contributed by atoms with Gasteiger partial charge in [-0.1, -0.05) is 0 Å². The first-order valence-corrected chi connectivity index (χ1v) is 9.67. The van der Waals surface area contributed by atoms with Gasteiger partial charge in [-0.05, 0) is 50.2 Å². The Bertz CT molecular complexity index is 1090. The number of anilines is 1. The van der Waals surface area contributed by atoms with E-state index in [-0.39, 0.29) is 11.3 Å². The van der Waals surface area contributed by atoms with Crippen molar-refractivity contribution in [2.75, 3.05) is 12.0 Å². The van der Waals surface area contributed by atoms with Crippen LogP contribution in [0.25, 0.3) is 5.76 Å². The van der Waals surface area contributed by atoms with E-state index in [1.54, 1.807) is 36.4 Å². The van der Waals surface area contributed by atoms with Crippen LogP contribution < -0.4 is 9.64 Å². The molecule has 1 amide bonds. The van der Waals surface area contributed by atoms with Gasteiger partial charge in [-0.15, -0.1) is 11.3 Å². The summed E-state index contributed by atoms with van der Waals surface area (Å²) < 4.78 is 10.7. The van der Waals surface area contributed by atoms with Crippen molar-refractivity contribution in [3.8, 4) is 5.75 Å². The van der Waals surface area contributed by atoms with Crippen molar-refractivity contribution in [1.29, 1.82) is 0 Å². The first kappa shape index (κ1) is 18.9. The van der Waals surface area contributed by atoms with Crippen LogP contribution in [0.15, 0.2) is 52.7 Å². The lowest BCUT2D eigenvalue weighted by atomic mass is 9.99. The molecule has 3 heterocycles. The first-order valence-electron chi connectivity index (χ1n) is 8.85. The van der Waals surface area contributed by atoms with Crippen LogP contribution in [-0.2, 0) is 9.59 Å². The van der Waals surface area contributed by atoms with Gasteiger partial charge in [0.25, 0.3) is 5.78 Å². The number of thiazole rings is 1. The Balaban J connectivity index is 1.89. The van der Waals surface area contributed by atoms with Crippen molar-refractivity contribution in [2.45, 2.75) is 19.9 Å². The van der Waals surface area contributed by atoms with Gasteiger partial charge in [-0.25, -0.2) is 4.98 Å². The van der Waals surface area contributed by atoms with Gasteiger partial charge in [-0.2, -0.15) is 0 Å². The molecule has 0 spiro atoms. The maximum Gasteiger partial charge on any atom is 0.302 e. The molecule has 7 nitrogen and oxygen atoms in total. The second-order valence-electron chi connectivity index (χ2n) is 6.55. The number of ketones is 1. The fourth-order valence-electron chi connectivity index (χ4n) is 3.21. The molecule has 0 bridgehead atoms. The van der Waals surface area contributed by atoms with Gasteiger partial charge in [0, 0.05) is 10.4 Å². The fraction of sp³-hybridized carbons (Fsp3) is 0.190. The van der Waals surface area contributed by atoms with Crippen LogP contribution in [-0.4, -0.2) is 28.9 Å². The Hall–Kier alpha value is -3.39. The zero-order chi connectivity index (χ0) is 20.7. The highest BCUT2D eigenvalue weighted by Crippen LogP contribution is 2.43. The molecule has 1 atom stereocenters. The molecule has 1 aromatic carbocycles. The van der Waals surface area contributed by atoms with Crippen LogP contribution in [0.3, 0.4) is 0 Å². The van der Waals surface area contributed by atoms with Crippen molar-refractivity contribution in [1.82, 2.24) is 4.98 Å². The number of aromatic nitrogens is 1. The molecule has 3 aromatic rings. The van der Waals surface area contributed by atoms with Gasteiger partial charge in [0.05, 0.1) is 24.6 Å². The highest BCUT2D eigenvalue weighted by atomic mass is 32.1. The molecule has 0 radical (unpaired) electrons. The van der Waals surface area contributed by atoms with Crippen molar-refractivity contribution in [3.63, 3.8) is 0 Å². The quantitative estimate of drug-likeness (QED) is 0.397. The normalized spacial score (nSPS) is 18.4. The molecule has 0 saturated carbocycles. The minimum absolute atomic E-state index is 0.0411. The molecule has 0 unspecified atom stereocenters. The van der Waals surface area contributed by atoms with E-state index in [1.807, 2.05) is 13.8 Å². The molecule has 1 saturated heterocycles. The molecule has 148 valence electrons. The molecule has 0 aliphatic carbocycles. The summed E-state index contributed by atoms with van der Waals surface area (Å²) >= 11 is 1.31. The number of benzene rings is 1. The number of nitrogens with zero attached hydrogens (tertiary/aromatic N) is 2. The van der Waals surface area contributed by atoms with Crippen LogP contribution in [0.2, 0.25) is 0 Å². The summed E-state index contributed by atoms with van der Waals surface area (Å²) in [6, 6.07) is 9.01. The van der Waals surface area contributed by atoms with Crippen LogP contribution in [0.1, 0.15) is 27.9 Å². The summed E-state index contributed by atoms with van der Waals surface area (Å²) in [5.74, 6) is -0.844. The smallest absolute Gasteiger partial charge is 0.302 e. The summed E-state index contributed by atoms with van der Waals surface area (Å²) in [6.45, 7) is 3.73. The van der Waals surface area contributed by atoms with E-state index in [2.05, 4.69) is 4.98 Å². The van der Waals surface area contributed by atoms with Crippen LogP contribution >= 0.6 is 11.3 Å². The third kappa shape index (κ3) is 3.11. The zero-order valence-corrected chi connectivity index (χ0v) is 16.8. The predicted octanol–water partition coefficient (Wildman–Crippen LogP) is 3.99. The van der Waals surface area contributed by atoms with E-state index in [4.69, 9.17) is 9.15 Å². The van der Waals surface area contributed by atoms with E-state index in [9.17, 15) is 14.7 Å². The molecule has 2 aromatic heterocycles. The Morgan fingerprint density at radius 2 is 1.93 bits per heavy atom. The number of ether oxygens (including phenoxy) is 1. The van der Waals surface area contributed by atoms with Gasteiger partial charge in [0.2, 0.25) is 0 Å². The monoisotopic (exact) mass is 410 g/mol. The molecule has 4 rings (SSSR count). The number of rotatable bonds is 4. The lowest BCUT2D eigenvalue weighted by Gasteiger charge is -2.20. The maximum absolute atomic E-state index is 12.9. The molecule has 1 fully saturated rings. The van der Waals surface area contributed by atoms with E-state index in [0.29, 0.717) is 22.2 Å². The van der Waals surface area contributed by atoms with Gasteiger partial charge < -0.3 is 14.3 Å². The Morgan fingerprint density at radius 3 is 2.48 bits per heavy atom. The van der Waals surface area contributed by atoms with Crippen molar-refractivity contribution in [3.05, 3.63) is 70.1 Å². The lowest BCUT2D eigenvalue weighted by molar-refractivity contribution is -0.132. The molecule has 1 N–H and O–H groups in total. The summed E-state index contributed by atoms with van der Waals surface area (Å²) in [6.07, 6.45) is 1.46. The Kier molecular flexibility index (Phi) is 4.71. The minimum Gasteiger partial charge on any atom is -0.507 e. The minimum atomic E-state index is -0.906. The number of hydrogen-bond acceptors (Lipinski definition) is 7. The molecule has 1 aliphatic heterocycles. The number of aryl methyl sites for hydroxylation is 2. The summed E-state index contributed by atoms with van der Waals surface area (Å²) in [7, 11) is 1.54. The van der Waals surface area contributed by atoms with Gasteiger partial charge in [-0.3, -0.25) is 14.5 Å². The first-order chi connectivity index (χ1) is 13.9. The number of aliphatic hydroxyl groups excluding tert-OH is 1. The number of amides is 1. The number of carbonyl (C=O) groups excluding carboxylic acids is 2. The second kappa shape index (κ2) is 7.21. The van der Waals surface area contributed by atoms with Crippen LogP contribution in [0.4, 0.5) is 5.13 Å². The molecular formula is C21H18N2O5S. The van der Waals surface area contributed by atoms with E-state index in [0.717, 1.165) is 10.6 Å². The standard InChI is InChI=1S/C21H18N2O5S/c1-11-12(2)29-21(22-11)23-17(15-5-4-10-28-15)16(19(25)20(23)26)18(24)13-6-8-14(27-3)9-7-13/h4-10,17,24H,1-3H3/b18-16+/t17-/m1/s1. The summed E-state index contributed by atoms with van der Waals surface area (Å²) in [5.41, 5.74) is 1.13. The number of aliphatic hydroxyl groups is 1. The van der Waals surface area contributed by atoms with E-state index in [1.165, 1.54) is 29.6 Å². The number of Topliss-reactive ketones (excluding diaryl/α,β-unsaturated/α-hetero) is 1. The van der Waals surface area contributed by atoms with Crippen LogP contribution in [0.5, 0.6) is 5.75 Å². The SMILES string of the molecule is COc1ccc(/C(O)=C2\C(=O)C(=O)N(c3nc(C)c(C)s3)[C@@H]2c2ccco2)cc1. The summed E-state index contributed by atoms with van der Waals surface area (Å²) in [5, 5.41) is 11.3. The van der Waals surface area contributed by atoms with Crippen molar-refractivity contribution >= 4 is 33.9 Å². The van der Waals surface area contributed by atoms with Gasteiger partial charge in [0.15, 0.2) is 5.13 Å². The van der Waals surface area contributed by atoms with Crippen LogP contribution in [0, 0.1) is 13.8 Å². The third-order valence-electron chi connectivity index (χ3n) is 4.84. The van der Waals surface area contributed by atoms with E-state index >= 15 is 0 Å². The third-order valence-corrected chi connectivity index (χ3v) is 5.92.